The first-order valence-corrected chi connectivity index (χ1v) is 7.63. The number of rotatable bonds is 9. The molecule has 0 spiro atoms. The Morgan fingerprint density at radius 3 is 2.56 bits per heavy atom. The van der Waals surface area contributed by atoms with Crippen LogP contribution in [0.4, 0.5) is 0 Å². The van der Waals surface area contributed by atoms with E-state index in [1.54, 1.807) is 6.92 Å². The number of Topliss-reactive ketones (excluding diaryl/α,β-unsaturated/α-hetero) is 1. The highest BCUT2D eigenvalue weighted by Crippen LogP contribution is 2.17. The summed E-state index contributed by atoms with van der Waals surface area (Å²) in [6, 6.07) is 8.79. The van der Waals surface area contributed by atoms with Crippen molar-refractivity contribution in [3.05, 3.63) is 29.8 Å². The third kappa shape index (κ3) is 6.82. The molecule has 0 radical (unpaired) electrons. The summed E-state index contributed by atoms with van der Waals surface area (Å²) in [7, 11) is 0. The summed E-state index contributed by atoms with van der Waals surface area (Å²) in [6.07, 6.45) is 2.69. The molecule has 0 aliphatic rings. The number of hydrogen-bond acceptors (Lipinski definition) is 3. The lowest BCUT2D eigenvalue weighted by atomic mass is 10.1. The van der Waals surface area contributed by atoms with E-state index in [9.17, 15) is 4.79 Å². The van der Waals surface area contributed by atoms with Gasteiger partial charge in [0.2, 0.25) is 0 Å². The molecule has 2 nitrogen and oxygen atoms in total. The molecule has 18 heavy (non-hydrogen) atoms. The molecule has 0 aromatic heterocycles. The number of benzene rings is 1. The number of ketones is 1. The van der Waals surface area contributed by atoms with Crippen molar-refractivity contribution < 1.29 is 4.79 Å². The van der Waals surface area contributed by atoms with Crippen molar-refractivity contribution in [3.63, 3.8) is 0 Å². The average Bonchev–Trinajstić information content (AvgIpc) is 2.35. The van der Waals surface area contributed by atoms with Gasteiger partial charge >= 0.3 is 0 Å². The zero-order valence-electron chi connectivity index (χ0n) is 11.4. The van der Waals surface area contributed by atoms with Crippen LogP contribution in [0.25, 0.3) is 0 Å². The lowest BCUT2D eigenvalue weighted by Crippen LogP contribution is -2.19. The van der Waals surface area contributed by atoms with Crippen LogP contribution in [-0.2, 0) is 11.2 Å². The largest absolute Gasteiger partial charge is 0.316 e. The Morgan fingerprint density at radius 1 is 1.22 bits per heavy atom. The van der Waals surface area contributed by atoms with E-state index in [2.05, 4.69) is 36.5 Å². The van der Waals surface area contributed by atoms with Crippen molar-refractivity contribution in [2.24, 2.45) is 0 Å². The maximum absolute atomic E-state index is 10.8. The number of carbonyl (C=O) groups excluding carboxylic acids is 1. The van der Waals surface area contributed by atoms with E-state index in [-0.39, 0.29) is 5.78 Å². The van der Waals surface area contributed by atoms with E-state index in [1.807, 2.05) is 11.8 Å². The van der Waals surface area contributed by atoms with E-state index < -0.39 is 0 Å². The minimum atomic E-state index is 0.279. The first-order valence-electron chi connectivity index (χ1n) is 6.64. The van der Waals surface area contributed by atoms with Gasteiger partial charge in [-0.1, -0.05) is 19.1 Å². The van der Waals surface area contributed by atoms with Crippen LogP contribution in [0.3, 0.4) is 0 Å². The maximum atomic E-state index is 10.8. The number of nitrogens with one attached hydrogen (secondary N) is 1. The first-order chi connectivity index (χ1) is 8.72. The summed E-state index contributed by atoms with van der Waals surface area (Å²) >= 11 is 1.87. The molecule has 0 unspecified atom stereocenters. The lowest BCUT2D eigenvalue weighted by molar-refractivity contribution is -0.117. The summed E-state index contributed by atoms with van der Waals surface area (Å²) in [6.45, 7) is 5.74. The Balaban J connectivity index is 2.13. The highest BCUT2D eigenvalue weighted by atomic mass is 32.2. The van der Waals surface area contributed by atoms with Crippen LogP contribution in [0, 0.1) is 0 Å². The van der Waals surface area contributed by atoms with Gasteiger partial charge in [-0.05, 0) is 56.3 Å². The zero-order chi connectivity index (χ0) is 13.2. The fourth-order valence-corrected chi connectivity index (χ4v) is 2.40. The van der Waals surface area contributed by atoms with Crippen molar-refractivity contribution in [3.8, 4) is 0 Å². The van der Waals surface area contributed by atoms with Gasteiger partial charge in [-0.3, -0.25) is 0 Å². The molecule has 1 aromatic carbocycles. The summed E-state index contributed by atoms with van der Waals surface area (Å²) in [4.78, 5) is 12.1. The second-order valence-corrected chi connectivity index (χ2v) is 5.72. The Morgan fingerprint density at radius 2 is 1.94 bits per heavy atom. The molecule has 3 heteroatoms. The molecule has 0 amide bonds. The Kier molecular flexibility index (Phi) is 7.78. The molecule has 1 rings (SSSR count). The fraction of sp³-hybridized carbons (Fsp3) is 0.533. The highest BCUT2D eigenvalue weighted by molar-refractivity contribution is 7.99. The monoisotopic (exact) mass is 265 g/mol. The molecule has 0 aliphatic carbocycles. The molecule has 0 bridgehead atoms. The summed E-state index contributed by atoms with van der Waals surface area (Å²) in [5.74, 6) is 1.40. The van der Waals surface area contributed by atoms with Gasteiger partial charge in [0, 0.05) is 11.3 Å². The fourth-order valence-electron chi connectivity index (χ4n) is 1.74. The summed E-state index contributed by atoms with van der Waals surface area (Å²) in [5, 5.41) is 3.37. The van der Waals surface area contributed by atoms with Crippen molar-refractivity contribution in [2.75, 3.05) is 18.8 Å². The lowest BCUT2D eigenvalue weighted by Gasteiger charge is -2.05. The predicted octanol–water partition coefficient (Wildman–Crippen LogP) is 3.30. The Bertz CT molecular complexity index is 348. The molecule has 0 heterocycles. The molecule has 0 atom stereocenters. The first kappa shape index (κ1) is 15.3. The van der Waals surface area contributed by atoms with Crippen molar-refractivity contribution in [1.82, 2.24) is 5.32 Å². The smallest absolute Gasteiger partial charge is 0.129 e. The van der Waals surface area contributed by atoms with Crippen LogP contribution in [-0.4, -0.2) is 24.6 Å². The highest BCUT2D eigenvalue weighted by Gasteiger charge is 1.96. The van der Waals surface area contributed by atoms with E-state index in [1.165, 1.54) is 10.5 Å². The normalized spacial score (nSPS) is 10.6. The molecule has 1 N–H and O–H groups in total. The summed E-state index contributed by atoms with van der Waals surface area (Å²) in [5.41, 5.74) is 1.37. The van der Waals surface area contributed by atoms with E-state index in [0.29, 0.717) is 6.42 Å². The molecule has 100 valence electrons. The number of hydrogen-bond donors (Lipinski definition) is 1. The molecule has 0 saturated heterocycles. The van der Waals surface area contributed by atoms with Crippen LogP contribution < -0.4 is 5.32 Å². The third-order valence-electron chi connectivity index (χ3n) is 2.71. The Hall–Kier alpha value is -0.800. The quantitative estimate of drug-likeness (QED) is 0.549. The minimum Gasteiger partial charge on any atom is -0.316 e. The molecule has 0 fully saturated rings. The maximum Gasteiger partial charge on any atom is 0.129 e. The van der Waals surface area contributed by atoms with Gasteiger partial charge in [-0.2, -0.15) is 0 Å². The van der Waals surface area contributed by atoms with Crippen LogP contribution in [0.2, 0.25) is 0 Å². The Labute approximate surface area is 115 Å². The van der Waals surface area contributed by atoms with Gasteiger partial charge < -0.3 is 10.1 Å². The zero-order valence-corrected chi connectivity index (χ0v) is 12.2. The van der Waals surface area contributed by atoms with E-state index in [0.717, 1.165) is 31.7 Å². The number of carbonyl (C=O) groups is 1. The van der Waals surface area contributed by atoms with Crippen molar-refractivity contribution >= 4 is 17.5 Å². The van der Waals surface area contributed by atoms with Gasteiger partial charge in [0.05, 0.1) is 0 Å². The molecule has 0 saturated carbocycles. The molecule has 1 aromatic rings. The average molecular weight is 265 g/mol. The molecular weight excluding hydrogens is 242 g/mol. The van der Waals surface area contributed by atoms with E-state index in [4.69, 9.17) is 0 Å². The van der Waals surface area contributed by atoms with Crippen LogP contribution in [0.5, 0.6) is 0 Å². The van der Waals surface area contributed by atoms with Crippen molar-refractivity contribution in [1.29, 1.82) is 0 Å². The van der Waals surface area contributed by atoms with Gasteiger partial charge in [0.25, 0.3) is 0 Å². The van der Waals surface area contributed by atoms with E-state index >= 15 is 0 Å². The van der Waals surface area contributed by atoms with Gasteiger partial charge in [0.15, 0.2) is 0 Å². The van der Waals surface area contributed by atoms with Gasteiger partial charge in [-0.25, -0.2) is 0 Å². The predicted molar refractivity (Wildman–Crippen MR) is 79.3 cm³/mol. The molecule has 0 aliphatic heterocycles. The second kappa shape index (κ2) is 9.17. The second-order valence-electron chi connectivity index (χ2n) is 4.38. The third-order valence-corrected chi connectivity index (χ3v) is 3.60. The van der Waals surface area contributed by atoms with Crippen LogP contribution in [0.1, 0.15) is 32.3 Å². The van der Waals surface area contributed by atoms with Gasteiger partial charge in [0.1, 0.15) is 5.78 Å². The minimum absolute atomic E-state index is 0.279. The molecular formula is C15H23NOS. The number of thioether (sulfide) groups is 1. The SMILES string of the molecule is CCSc1ccc(CCNCCCC(C)=O)cc1. The summed E-state index contributed by atoms with van der Waals surface area (Å²) < 4.78 is 0. The van der Waals surface area contributed by atoms with Crippen molar-refractivity contribution in [2.45, 2.75) is 38.0 Å². The standard InChI is InChI=1S/C15H23NOS/c1-3-18-15-8-6-14(7-9-15)10-12-16-11-4-5-13(2)17/h6-9,16H,3-5,10-12H2,1-2H3. The topological polar surface area (TPSA) is 29.1 Å². The van der Waals surface area contributed by atoms with Crippen LogP contribution in [0.15, 0.2) is 29.2 Å². The van der Waals surface area contributed by atoms with Crippen LogP contribution >= 0.6 is 11.8 Å². The van der Waals surface area contributed by atoms with Gasteiger partial charge in [-0.15, -0.1) is 11.8 Å².